The fourth-order valence-electron chi connectivity index (χ4n) is 2.02. The molecule has 15 heavy (non-hydrogen) atoms. The molecule has 1 aliphatic carbocycles. The lowest BCUT2D eigenvalue weighted by molar-refractivity contribution is 0.0985. The smallest absolute Gasteiger partial charge is 0.172 e. The quantitative estimate of drug-likeness (QED) is 0.801. The Morgan fingerprint density at radius 3 is 3.13 bits per heavy atom. The topological polar surface area (TPSA) is 37.3 Å². The van der Waals surface area contributed by atoms with Gasteiger partial charge in [-0.05, 0) is 37.3 Å². The summed E-state index contributed by atoms with van der Waals surface area (Å²) in [5.41, 5.74) is 1.01. The largest absolute Gasteiger partial charge is 0.388 e. The van der Waals surface area contributed by atoms with Gasteiger partial charge < -0.3 is 5.11 Å². The lowest BCUT2D eigenvalue weighted by Crippen LogP contribution is -2.05. The monoisotopic (exact) mass is 224 g/mol. The van der Waals surface area contributed by atoms with Crippen molar-refractivity contribution in [1.29, 1.82) is 0 Å². The summed E-state index contributed by atoms with van der Waals surface area (Å²) < 4.78 is 0. The van der Waals surface area contributed by atoms with E-state index in [1.165, 1.54) is 4.88 Å². The summed E-state index contributed by atoms with van der Waals surface area (Å²) in [7, 11) is 0. The summed E-state index contributed by atoms with van der Waals surface area (Å²) in [6, 6.07) is 1.90. The second kappa shape index (κ2) is 4.45. The molecular weight excluding hydrogens is 208 g/mol. The summed E-state index contributed by atoms with van der Waals surface area (Å²) >= 11 is 1.58. The zero-order chi connectivity index (χ0) is 10.8. The molecule has 0 radical (unpaired) electrons. The normalized spacial score (nSPS) is 20.0. The molecule has 1 aromatic heterocycles. The number of aliphatic hydroxyl groups excluding tert-OH is 1. The Morgan fingerprint density at radius 2 is 2.47 bits per heavy atom. The number of hydrogen-bond acceptors (Lipinski definition) is 3. The molecule has 1 unspecified atom stereocenters. The first-order valence-corrected chi connectivity index (χ1v) is 6.38. The second-order valence-corrected chi connectivity index (χ2v) is 5.21. The highest BCUT2D eigenvalue weighted by Crippen LogP contribution is 2.36. The maximum absolute atomic E-state index is 11.7. The Kier molecular flexibility index (Phi) is 3.22. The third-order valence-corrected chi connectivity index (χ3v) is 4.09. The summed E-state index contributed by atoms with van der Waals surface area (Å²) in [6.07, 6.45) is 4.07. The highest BCUT2D eigenvalue weighted by Gasteiger charge is 2.22. The lowest BCUT2D eigenvalue weighted by atomic mass is 9.96. The van der Waals surface area contributed by atoms with Crippen LogP contribution in [0.3, 0.4) is 0 Å². The van der Waals surface area contributed by atoms with Gasteiger partial charge in [-0.25, -0.2) is 0 Å². The van der Waals surface area contributed by atoms with Gasteiger partial charge in [0.15, 0.2) is 5.78 Å². The minimum Gasteiger partial charge on any atom is -0.388 e. The number of ketones is 1. The average Bonchev–Trinajstić information content (AvgIpc) is 2.63. The number of Topliss-reactive ketones (excluding diaryl/α,β-unsaturated/α-hetero) is 1. The van der Waals surface area contributed by atoms with Crippen molar-refractivity contribution in [3.63, 3.8) is 0 Å². The summed E-state index contributed by atoms with van der Waals surface area (Å²) in [5.74, 6) is 0.226. The van der Waals surface area contributed by atoms with Crippen LogP contribution in [0.25, 0.3) is 0 Å². The number of rotatable bonds is 3. The number of fused-ring (bicyclic) bond motifs is 1. The van der Waals surface area contributed by atoms with Crippen LogP contribution >= 0.6 is 11.3 Å². The highest BCUT2D eigenvalue weighted by molar-refractivity contribution is 7.14. The van der Waals surface area contributed by atoms with E-state index in [0.29, 0.717) is 6.42 Å². The van der Waals surface area contributed by atoms with E-state index in [0.717, 1.165) is 36.1 Å². The molecule has 0 fully saturated rings. The number of aryl methyl sites for hydroxylation is 1. The molecule has 0 amide bonds. The summed E-state index contributed by atoms with van der Waals surface area (Å²) in [6.45, 7) is 2.01. The Bertz CT molecular complexity index is 368. The predicted molar refractivity (Wildman–Crippen MR) is 61.5 cm³/mol. The van der Waals surface area contributed by atoms with E-state index < -0.39 is 0 Å². The van der Waals surface area contributed by atoms with Crippen LogP contribution in [0.15, 0.2) is 6.07 Å². The molecule has 0 aliphatic heterocycles. The van der Waals surface area contributed by atoms with Gasteiger partial charge in [0.1, 0.15) is 0 Å². The van der Waals surface area contributed by atoms with Crippen molar-refractivity contribution in [2.75, 3.05) is 0 Å². The molecule has 0 aromatic carbocycles. The van der Waals surface area contributed by atoms with Crippen LogP contribution in [0.1, 0.15) is 58.8 Å². The van der Waals surface area contributed by atoms with Crippen molar-refractivity contribution in [3.05, 3.63) is 21.4 Å². The minimum atomic E-state index is -0.340. The molecule has 1 heterocycles. The number of thiophene rings is 1. The van der Waals surface area contributed by atoms with E-state index in [-0.39, 0.29) is 11.9 Å². The van der Waals surface area contributed by atoms with Crippen molar-refractivity contribution in [3.8, 4) is 0 Å². The van der Waals surface area contributed by atoms with Gasteiger partial charge in [-0.1, -0.05) is 6.92 Å². The Labute approximate surface area is 93.9 Å². The van der Waals surface area contributed by atoms with Gasteiger partial charge >= 0.3 is 0 Å². The number of carbonyl (C=O) groups excluding carboxylic acids is 1. The predicted octanol–water partition coefficient (Wildman–Crippen LogP) is 3.10. The van der Waals surface area contributed by atoms with Gasteiger partial charge in [0.05, 0.1) is 11.0 Å². The molecular formula is C12H16O2S. The second-order valence-electron chi connectivity index (χ2n) is 4.07. The molecule has 0 spiro atoms. The van der Waals surface area contributed by atoms with Crippen LogP contribution < -0.4 is 0 Å². The fraction of sp³-hybridized carbons (Fsp3) is 0.583. The van der Waals surface area contributed by atoms with E-state index >= 15 is 0 Å². The van der Waals surface area contributed by atoms with Crippen LogP contribution in [-0.2, 0) is 6.42 Å². The molecule has 0 saturated carbocycles. The van der Waals surface area contributed by atoms with E-state index in [1.54, 1.807) is 11.3 Å². The number of aliphatic hydroxyl groups is 1. The van der Waals surface area contributed by atoms with Crippen LogP contribution in [0.4, 0.5) is 0 Å². The van der Waals surface area contributed by atoms with Crippen LogP contribution in [0.5, 0.6) is 0 Å². The van der Waals surface area contributed by atoms with Crippen LogP contribution in [0.2, 0.25) is 0 Å². The fourth-order valence-corrected chi connectivity index (χ4v) is 3.25. The maximum atomic E-state index is 11.7. The Hall–Kier alpha value is -0.670. The van der Waals surface area contributed by atoms with E-state index in [9.17, 15) is 9.90 Å². The van der Waals surface area contributed by atoms with Gasteiger partial charge in [0, 0.05) is 11.3 Å². The van der Waals surface area contributed by atoms with E-state index in [4.69, 9.17) is 0 Å². The van der Waals surface area contributed by atoms with Crippen molar-refractivity contribution in [2.45, 2.75) is 45.1 Å². The minimum absolute atomic E-state index is 0.226. The first kappa shape index (κ1) is 10.8. The van der Waals surface area contributed by atoms with Gasteiger partial charge in [0.2, 0.25) is 0 Å². The van der Waals surface area contributed by atoms with Crippen molar-refractivity contribution >= 4 is 17.1 Å². The highest BCUT2D eigenvalue weighted by atomic mass is 32.1. The Morgan fingerprint density at radius 1 is 1.67 bits per heavy atom. The van der Waals surface area contributed by atoms with Gasteiger partial charge in [-0.15, -0.1) is 11.3 Å². The molecule has 2 rings (SSSR count). The molecule has 3 heteroatoms. The molecule has 1 aliphatic rings. The van der Waals surface area contributed by atoms with Crippen LogP contribution in [0, 0.1) is 0 Å². The number of hydrogen-bond donors (Lipinski definition) is 1. The molecule has 1 aromatic rings. The summed E-state index contributed by atoms with van der Waals surface area (Å²) in [5, 5.41) is 9.78. The number of carbonyl (C=O) groups is 1. The van der Waals surface area contributed by atoms with Gasteiger partial charge in [-0.3, -0.25) is 4.79 Å². The van der Waals surface area contributed by atoms with E-state index in [1.807, 2.05) is 13.0 Å². The van der Waals surface area contributed by atoms with Crippen molar-refractivity contribution in [2.24, 2.45) is 0 Å². The third-order valence-electron chi connectivity index (χ3n) is 2.83. The zero-order valence-corrected chi connectivity index (χ0v) is 9.77. The molecule has 1 atom stereocenters. The van der Waals surface area contributed by atoms with Crippen molar-refractivity contribution < 1.29 is 9.90 Å². The van der Waals surface area contributed by atoms with Gasteiger partial charge in [-0.2, -0.15) is 0 Å². The molecule has 2 nitrogen and oxygen atoms in total. The first-order chi connectivity index (χ1) is 7.22. The SMILES string of the molecule is CCCC(=O)c1cc2c(s1)CCCC2O. The summed E-state index contributed by atoms with van der Waals surface area (Å²) in [4.78, 5) is 13.7. The maximum Gasteiger partial charge on any atom is 0.172 e. The Balaban J connectivity index is 2.25. The molecule has 1 N–H and O–H groups in total. The van der Waals surface area contributed by atoms with E-state index in [2.05, 4.69) is 0 Å². The average molecular weight is 224 g/mol. The third kappa shape index (κ3) is 2.13. The molecule has 82 valence electrons. The molecule has 0 bridgehead atoms. The zero-order valence-electron chi connectivity index (χ0n) is 8.95. The molecule has 0 saturated heterocycles. The lowest BCUT2D eigenvalue weighted by Gasteiger charge is -2.16. The first-order valence-electron chi connectivity index (χ1n) is 5.56. The van der Waals surface area contributed by atoms with Gasteiger partial charge in [0.25, 0.3) is 0 Å². The van der Waals surface area contributed by atoms with Crippen LogP contribution in [-0.4, -0.2) is 10.9 Å². The van der Waals surface area contributed by atoms with Crippen molar-refractivity contribution in [1.82, 2.24) is 0 Å². The standard InChI is InChI=1S/C12H16O2S/c1-2-4-10(14)12-7-8-9(13)5-3-6-11(8)15-12/h7,9,13H,2-6H2,1H3.